The van der Waals surface area contributed by atoms with E-state index in [0.717, 1.165) is 5.69 Å². The van der Waals surface area contributed by atoms with E-state index in [1.165, 1.54) is 110 Å². The average molecular weight is 775 g/mol. The third-order valence-electron chi connectivity index (χ3n) is 13.1. The summed E-state index contributed by atoms with van der Waals surface area (Å²) in [5.41, 5.74) is 18.7. The smallest absolute Gasteiger partial charge is 0.0544 e. The number of aromatic nitrogens is 2. The van der Waals surface area contributed by atoms with Crippen LogP contribution in [-0.4, -0.2) is 9.13 Å². The highest BCUT2D eigenvalue weighted by atomic mass is 15.0. The molecule has 2 aromatic heterocycles. The van der Waals surface area contributed by atoms with Crippen molar-refractivity contribution in [2.45, 2.75) is 5.92 Å². The Hall–Kier alpha value is -7.94. The van der Waals surface area contributed by atoms with Gasteiger partial charge in [-0.05, 0) is 128 Å². The van der Waals surface area contributed by atoms with E-state index in [1.807, 2.05) is 0 Å². The first kappa shape index (κ1) is 34.0. The second-order valence-electron chi connectivity index (χ2n) is 16.5. The van der Waals surface area contributed by atoms with Crippen molar-refractivity contribution in [2.24, 2.45) is 0 Å². The van der Waals surface area contributed by atoms with Gasteiger partial charge >= 0.3 is 0 Å². The zero-order valence-corrected chi connectivity index (χ0v) is 33.3. The Morgan fingerprint density at radius 3 is 1.69 bits per heavy atom. The maximum Gasteiger partial charge on any atom is 0.0544 e. The van der Waals surface area contributed by atoms with Crippen LogP contribution in [0.2, 0.25) is 0 Å². The molecule has 12 aromatic rings. The van der Waals surface area contributed by atoms with E-state index >= 15 is 0 Å². The molecule has 0 spiro atoms. The number of fused-ring (bicyclic) bond motifs is 10. The van der Waals surface area contributed by atoms with Crippen molar-refractivity contribution in [1.82, 2.24) is 9.13 Å². The zero-order chi connectivity index (χ0) is 40.0. The van der Waals surface area contributed by atoms with E-state index in [9.17, 15) is 0 Å². The van der Waals surface area contributed by atoms with Crippen molar-refractivity contribution >= 4 is 54.4 Å². The molecule has 1 aliphatic rings. The van der Waals surface area contributed by atoms with Crippen LogP contribution >= 0.6 is 0 Å². The van der Waals surface area contributed by atoms with Gasteiger partial charge in [0, 0.05) is 38.8 Å². The molecule has 0 saturated carbocycles. The van der Waals surface area contributed by atoms with Crippen LogP contribution in [-0.2, 0) is 0 Å². The minimum atomic E-state index is 0.127. The molecule has 0 bridgehead atoms. The van der Waals surface area contributed by atoms with Gasteiger partial charge in [-0.1, -0.05) is 158 Å². The van der Waals surface area contributed by atoms with Crippen molar-refractivity contribution < 1.29 is 0 Å². The summed E-state index contributed by atoms with van der Waals surface area (Å²) in [7, 11) is 0. The fraction of sp³-hybridized carbons (Fsp3) is 0.0169. The zero-order valence-electron chi connectivity index (χ0n) is 33.3. The normalized spacial score (nSPS) is 13.4. The lowest BCUT2D eigenvalue weighted by Gasteiger charge is -2.16. The second-order valence-corrected chi connectivity index (χ2v) is 16.5. The highest BCUT2D eigenvalue weighted by Crippen LogP contribution is 2.51. The predicted octanol–water partition coefficient (Wildman–Crippen LogP) is 15.5. The average Bonchev–Trinajstić information content (AvgIpc) is 3.96. The molecule has 1 aliphatic carbocycles. The van der Waals surface area contributed by atoms with E-state index in [1.54, 1.807) is 0 Å². The van der Waals surface area contributed by atoms with Gasteiger partial charge in [0.1, 0.15) is 0 Å². The Morgan fingerprint density at radius 1 is 0.279 bits per heavy atom. The van der Waals surface area contributed by atoms with Crippen LogP contribution in [0, 0.1) is 0 Å². The topological polar surface area (TPSA) is 9.86 Å². The Kier molecular flexibility index (Phi) is 7.40. The second kappa shape index (κ2) is 13.3. The first-order chi connectivity index (χ1) is 30.2. The van der Waals surface area contributed by atoms with Gasteiger partial charge in [0.25, 0.3) is 0 Å². The number of nitrogens with zero attached hydrogens (tertiary/aromatic N) is 2. The van der Waals surface area contributed by atoms with Gasteiger partial charge in [0.2, 0.25) is 0 Å². The molecule has 1 atom stereocenters. The number of para-hydroxylation sites is 2. The van der Waals surface area contributed by atoms with E-state index in [4.69, 9.17) is 0 Å². The van der Waals surface area contributed by atoms with E-state index < -0.39 is 0 Å². The predicted molar refractivity (Wildman–Crippen MR) is 256 cm³/mol. The van der Waals surface area contributed by atoms with Crippen LogP contribution in [0.4, 0.5) is 0 Å². The van der Waals surface area contributed by atoms with Crippen molar-refractivity contribution in [1.29, 1.82) is 0 Å². The first-order valence-electron chi connectivity index (χ1n) is 21.2. The Balaban J connectivity index is 1.05. The fourth-order valence-electron chi connectivity index (χ4n) is 10.4. The van der Waals surface area contributed by atoms with Gasteiger partial charge in [-0.15, -0.1) is 0 Å². The standard InChI is InChI=1S/C59H38N2/c1-3-14-38(15-4-1)41-18-13-21-46(33-41)61-57-31-29-43(42-28-30-56-51(34-42)48-23-11-12-25-55(48)60(56)45-19-5-2-6-20-45)35-52(57)53-36-50-47-22-9-10-24-49(47)59(54(50)37-58(53)61)44-27-26-39-16-7-8-17-40(39)32-44/h1-37,59H. The molecule has 0 radical (unpaired) electrons. The lowest BCUT2D eigenvalue weighted by Crippen LogP contribution is -2.00. The van der Waals surface area contributed by atoms with Crippen molar-refractivity contribution in [2.75, 3.05) is 0 Å². The summed E-state index contributed by atoms with van der Waals surface area (Å²) in [4.78, 5) is 0. The molecule has 0 aliphatic heterocycles. The highest BCUT2D eigenvalue weighted by molar-refractivity contribution is 6.14. The molecule has 0 fully saturated rings. The van der Waals surface area contributed by atoms with Crippen molar-refractivity contribution in [3.8, 4) is 44.8 Å². The molecule has 0 saturated heterocycles. The van der Waals surface area contributed by atoms with Crippen molar-refractivity contribution in [3.05, 3.63) is 241 Å². The summed E-state index contributed by atoms with van der Waals surface area (Å²) in [5.74, 6) is 0.127. The lowest BCUT2D eigenvalue weighted by molar-refractivity contribution is 1.02. The molecular formula is C59H38N2. The molecular weight excluding hydrogens is 737 g/mol. The number of benzene rings is 10. The summed E-state index contributed by atoms with van der Waals surface area (Å²) in [5, 5.41) is 7.56. The number of rotatable bonds is 5. The van der Waals surface area contributed by atoms with Crippen LogP contribution in [0.15, 0.2) is 224 Å². The van der Waals surface area contributed by atoms with E-state index in [2.05, 4.69) is 234 Å². The molecule has 10 aromatic carbocycles. The van der Waals surface area contributed by atoms with Crippen molar-refractivity contribution in [3.63, 3.8) is 0 Å². The molecule has 2 heteroatoms. The van der Waals surface area contributed by atoms with Crippen LogP contribution in [0.1, 0.15) is 22.6 Å². The third-order valence-corrected chi connectivity index (χ3v) is 13.1. The minimum Gasteiger partial charge on any atom is -0.309 e. The molecule has 0 amide bonds. The monoisotopic (exact) mass is 774 g/mol. The molecule has 0 N–H and O–H groups in total. The summed E-state index contributed by atoms with van der Waals surface area (Å²) < 4.78 is 4.89. The van der Waals surface area contributed by atoms with Crippen LogP contribution in [0.3, 0.4) is 0 Å². The van der Waals surface area contributed by atoms with Gasteiger partial charge in [0.15, 0.2) is 0 Å². The van der Waals surface area contributed by atoms with E-state index in [0.29, 0.717) is 0 Å². The number of hydrogen-bond acceptors (Lipinski definition) is 0. The molecule has 13 rings (SSSR count). The molecule has 1 unspecified atom stereocenters. The summed E-state index contributed by atoms with van der Waals surface area (Å²) in [6, 6.07) is 83.1. The SMILES string of the molecule is c1ccc(-c2cccc(-n3c4ccc(-c5ccc6c(c5)c5ccccc5n6-c5ccccc5)cc4c4cc5c(cc43)C(c3ccc4ccccc4c3)c3ccccc3-5)c2)cc1. The largest absolute Gasteiger partial charge is 0.309 e. The highest BCUT2D eigenvalue weighted by Gasteiger charge is 2.31. The Morgan fingerprint density at radius 2 is 0.869 bits per heavy atom. The number of hydrogen-bond donors (Lipinski definition) is 0. The quantitative estimate of drug-likeness (QED) is 0.165. The van der Waals surface area contributed by atoms with Crippen LogP contribution in [0.5, 0.6) is 0 Å². The van der Waals surface area contributed by atoms with Gasteiger partial charge in [-0.2, -0.15) is 0 Å². The Labute approximate surface area is 353 Å². The summed E-state index contributed by atoms with van der Waals surface area (Å²) in [6.07, 6.45) is 0. The first-order valence-corrected chi connectivity index (χ1v) is 21.2. The molecule has 61 heavy (non-hydrogen) atoms. The van der Waals surface area contributed by atoms with E-state index in [-0.39, 0.29) is 5.92 Å². The van der Waals surface area contributed by atoms with Crippen LogP contribution in [0.25, 0.3) is 99.1 Å². The van der Waals surface area contributed by atoms with Gasteiger partial charge in [-0.3, -0.25) is 0 Å². The summed E-state index contributed by atoms with van der Waals surface area (Å²) >= 11 is 0. The Bertz CT molecular complexity index is 3700. The fourth-order valence-corrected chi connectivity index (χ4v) is 10.4. The van der Waals surface area contributed by atoms with Gasteiger partial charge in [-0.25, -0.2) is 0 Å². The third kappa shape index (κ3) is 5.22. The lowest BCUT2D eigenvalue weighted by atomic mass is 9.88. The summed E-state index contributed by atoms with van der Waals surface area (Å²) in [6.45, 7) is 0. The maximum atomic E-state index is 2.50. The molecule has 2 heterocycles. The maximum absolute atomic E-state index is 2.50. The van der Waals surface area contributed by atoms with Gasteiger partial charge in [0.05, 0.1) is 22.1 Å². The minimum absolute atomic E-state index is 0.127. The van der Waals surface area contributed by atoms with Gasteiger partial charge < -0.3 is 9.13 Å². The van der Waals surface area contributed by atoms with Crippen LogP contribution < -0.4 is 0 Å². The molecule has 284 valence electrons. The molecule has 2 nitrogen and oxygen atoms in total.